The largest absolute Gasteiger partial charge is 0.478 e. The summed E-state index contributed by atoms with van der Waals surface area (Å²) in [5.41, 5.74) is 0.349. The molecule has 0 radical (unpaired) electrons. The minimum atomic E-state index is -1.65. The second-order valence-corrected chi connectivity index (χ2v) is 6.97. The molecular formula is C22H34O12. The van der Waals surface area contributed by atoms with Gasteiger partial charge in [-0.2, -0.15) is 0 Å². The molecule has 0 aromatic heterocycles. The Kier molecular flexibility index (Phi) is 18.8. The zero-order valence-corrected chi connectivity index (χ0v) is 19.7. The van der Waals surface area contributed by atoms with Crippen LogP contribution in [0.25, 0.3) is 0 Å². The Labute approximate surface area is 197 Å². The lowest BCUT2D eigenvalue weighted by molar-refractivity contribution is -0.188. The van der Waals surface area contributed by atoms with Gasteiger partial charge in [0.2, 0.25) is 0 Å². The van der Waals surface area contributed by atoms with Crippen LogP contribution in [0.1, 0.15) is 27.7 Å². The fourth-order valence-corrected chi connectivity index (χ4v) is 1.39. The lowest BCUT2D eigenvalue weighted by Gasteiger charge is -2.32. The van der Waals surface area contributed by atoms with Gasteiger partial charge in [-0.25, -0.2) is 19.2 Å². The molecule has 0 amide bonds. The van der Waals surface area contributed by atoms with Gasteiger partial charge in [0.1, 0.15) is 12.2 Å². The molecule has 0 spiro atoms. The van der Waals surface area contributed by atoms with Crippen molar-refractivity contribution < 1.29 is 59.3 Å². The number of hydrogen-bond donors (Lipinski definition) is 6. The van der Waals surface area contributed by atoms with Gasteiger partial charge < -0.3 is 40.1 Å². The number of rotatable bonds is 11. The summed E-state index contributed by atoms with van der Waals surface area (Å²) in [6, 6.07) is 0. The van der Waals surface area contributed by atoms with Crippen molar-refractivity contribution in [3.63, 3.8) is 0 Å². The Morgan fingerprint density at radius 2 is 0.824 bits per heavy atom. The average molecular weight is 491 g/mol. The van der Waals surface area contributed by atoms with E-state index in [2.05, 4.69) is 26.3 Å². The molecule has 0 saturated carbocycles. The lowest BCUT2D eigenvalue weighted by atomic mass is 10.0. The second kappa shape index (κ2) is 18.1. The zero-order chi connectivity index (χ0) is 27.8. The highest BCUT2D eigenvalue weighted by atomic mass is 16.6. The zero-order valence-electron chi connectivity index (χ0n) is 19.7. The number of hydrogen-bond acceptors (Lipinski definition) is 10. The molecule has 0 aromatic rings. The number of carbonyl (C=O) groups excluding carboxylic acids is 2. The van der Waals surface area contributed by atoms with Gasteiger partial charge >= 0.3 is 23.9 Å². The van der Waals surface area contributed by atoms with Crippen molar-refractivity contribution in [3.05, 3.63) is 48.6 Å². The summed E-state index contributed by atoms with van der Waals surface area (Å²) in [6.45, 7) is 17.0. The van der Waals surface area contributed by atoms with Gasteiger partial charge in [0.15, 0.2) is 12.2 Å². The third-order valence-corrected chi connectivity index (χ3v) is 3.37. The summed E-state index contributed by atoms with van der Waals surface area (Å²) in [4.78, 5) is 42.4. The normalized spacial score (nSPS) is 13.1. The number of aliphatic hydroxyl groups excluding tert-OH is 4. The summed E-state index contributed by atoms with van der Waals surface area (Å²) in [7, 11) is 0. The molecule has 0 aliphatic heterocycles. The van der Waals surface area contributed by atoms with E-state index in [0.29, 0.717) is 0 Å². The third kappa shape index (κ3) is 16.3. The van der Waals surface area contributed by atoms with Crippen LogP contribution in [0, 0.1) is 0 Å². The molecule has 0 bridgehead atoms. The van der Waals surface area contributed by atoms with E-state index in [-0.39, 0.29) is 22.3 Å². The van der Waals surface area contributed by atoms with E-state index in [1.165, 1.54) is 27.7 Å². The maximum atomic E-state index is 11.6. The van der Waals surface area contributed by atoms with E-state index in [4.69, 9.17) is 29.9 Å². The summed E-state index contributed by atoms with van der Waals surface area (Å²) in [5, 5.41) is 53.4. The van der Waals surface area contributed by atoms with E-state index < -0.39 is 61.5 Å². The predicted octanol–water partition coefficient (Wildman–Crippen LogP) is -0.0372. The van der Waals surface area contributed by atoms with Crippen LogP contribution in [0.15, 0.2) is 48.6 Å². The van der Waals surface area contributed by atoms with Crippen molar-refractivity contribution in [2.24, 2.45) is 0 Å². The average Bonchev–Trinajstić information content (AvgIpc) is 2.74. The number of ether oxygens (including phenoxy) is 2. The Hall–Kier alpha value is -3.32. The smallest absolute Gasteiger partial charge is 0.333 e. The van der Waals surface area contributed by atoms with E-state index in [1.54, 1.807) is 0 Å². The molecule has 194 valence electrons. The Bertz CT molecular complexity index is 680. The van der Waals surface area contributed by atoms with Gasteiger partial charge in [0, 0.05) is 22.3 Å². The van der Waals surface area contributed by atoms with Gasteiger partial charge in [-0.3, -0.25) is 0 Å². The SMILES string of the molecule is C=C(C)C(=O)O.C=C(C)C(=O)O.C=C(C)C(=O)O[C@@H]([C@H](OC(=O)C(=C)C)[C@H](O)CO)[C@H](O)CO. The van der Waals surface area contributed by atoms with Crippen LogP contribution in [-0.4, -0.2) is 92.1 Å². The monoisotopic (exact) mass is 490 g/mol. The molecular weight excluding hydrogens is 456 g/mol. The molecule has 0 fully saturated rings. The first-order valence-corrected chi connectivity index (χ1v) is 9.52. The highest BCUT2D eigenvalue weighted by molar-refractivity contribution is 5.88. The molecule has 12 nitrogen and oxygen atoms in total. The Morgan fingerprint density at radius 1 is 0.618 bits per heavy atom. The summed E-state index contributed by atoms with van der Waals surface area (Å²) in [5.74, 6) is -3.71. The van der Waals surface area contributed by atoms with Crippen LogP contribution in [0.5, 0.6) is 0 Å². The van der Waals surface area contributed by atoms with E-state index in [1.807, 2.05) is 0 Å². The van der Waals surface area contributed by atoms with Crippen molar-refractivity contribution in [2.75, 3.05) is 13.2 Å². The van der Waals surface area contributed by atoms with Crippen LogP contribution < -0.4 is 0 Å². The van der Waals surface area contributed by atoms with Gasteiger partial charge in [0.05, 0.1) is 13.2 Å². The number of carboxylic acids is 2. The molecule has 0 rings (SSSR count). The topological polar surface area (TPSA) is 208 Å². The third-order valence-electron chi connectivity index (χ3n) is 3.37. The first kappa shape index (κ1) is 35.3. The van der Waals surface area contributed by atoms with Gasteiger partial charge in [-0.05, 0) is 27.7 Å². The second-order valence-electron chi connectivity index (χ2n) is 6.97. The van der Waals surface area contributed by atoms with Crippen molar-refractivity contribution in [2.45, 2.75) is 52.1 Å². The molecule has 6 N–H and O–H groups in total. The van der Waals surface area contributed by atoms with Crippen molar-refractivity contribution in [3.8, 4) is 0 Å². The maximum Gasteiger partial charge on any atom is 0.333 e. The van der Waals surface area contributed by atoms with Crippen molar-refractivity contribution in [1.29, 1.82) is 0 Å². The van der Waals surface area contributed by atoms with Crippen LogP contribution in [0.3, 0.4) is 0 Å². The quantitative estimate of drug-likeness (QED) is 0.167. The molecule has 4 atom stereocenters. The Balaban J connectivity index is -0.000000653. The molecule has 0 saturated heterocycles. The molecule has 0 aliphatic rings. The predicted molar refractivity (Wildman–Crippen MR) is 120 cm³/mol. The molecule has 0 unspecified atom stereocenters. The Morgan fingerprint density at radius 3 is 0.941 bits per heavy atom. The summed E-state index contributed by atoms with van der Waals surface area (Å²) >= 11 is 0. The first-order chi connectivity index (χ1) is 15.4. The summed E-state index contributed by atoms with van der Waals surface area (Å²) < 4.78 is 9.81. The first-order valence-electron chi connectivity index (χ1n) is 9.52. The van der Waals surface area contributed by atoms with Gasteiger partial charge in [-0.15, -0.1) is 0 Å². The van der Waals surface area contributed by atoms with Crippen LogP contribution in [0.2, 0.25) is 0 Å². The number of carbonyl (C=O) groups is 4. The lowest BCUT2D eigenvalue weighted by Crippen LogP contribution is -2.51. The highest BCUT2D eigenvalue weighted by Gasteiger charge is 2.39. The van der Waals surface area contributed by atoms with Gasteiger partial charge in [0.25, 0.3) is 0 Å². The van der Waals surface area contributed by atoms with Gasteiger partial charge in [-0.1, -0.05) is 26.3 Å². The molecule has 0 aliphatic carbocycles. The van der Waals surface area contributed by atoms with Crippen LogP contribution >= 0.6 is 0 Å². The van der Waals surface area contributed by atoms with Crippen molar-refractivity contribution >= 4 is 23.9 Å². The standard InChI is InChI=1S/C14H22O8.2C4H6O2/c1-7(2)13(19)21-11(9(17)5-15)12(10(18)6-16)22-14(20)8(3)4;2*1-3(2)4(5)6/h9-12,15-18H,1,3,5-6H2,2,4H3;2*1H2,2H3,(H,5,6)/t9-,10-,11-,12-;;/m1../s1. The molecule has 34 heavy (non-hydrogen) atoms. The summed E-state index contributed by atoms with van der Waals surface area (Å²) in [6.07, 6.45) is -6.49. The van der Waals surface area contributed by atoms with E-state index in [9.17, 15) is 29.4 Å². The minimum Gasteiger partial charge on any atom is -0.478 e. The fourth-order valence-electron chi connectivity index (χ4n) is 1.39. The van der Waals surface area contributed by atoms with Crippen molar-refractivity contribution in [1.82, 2.24) is 0 Å². The van der Waals surface area contributed by atoms with E-state index >= 15 is 0 Å². The number of esters is 2. The van der Waals surface area contributed by atoms with E-state index in [0.717, 1.165) is 0 Å². The van der Waals surface area contributed by atoms with Crippen LogP contribution in [0.4, 0.5) is 0 Å². The highest BCUT2D eigenvalue weighted by Crippen LogP contribution is 2.17. The molecule has 0 aromatic carbocycles. The molecule has 12 heteroatoms. The number of aliphatic hydroxyl groups is 4. The van der Waals surface area contributed by atoms with Crippen LogP contribution in [-0.2, 0) is 28.7 Å². The maximum absolute atomic E-state index is 11.6. The number of carboxylic acid groups (broad SMARTS) is 2. The minimum absolute atomic E-state index is 0.00129. The number of aliphatic carboxylic acids is 2. The fraction of sp³-hybridized carbons (Fsp3) is 0.455. The molecule has 0 heterocycles.